The number of halogens is 1. The average Bonchev–Trinajstić information content (AvgIpc) is 2.56. The van der Waals surface area contributed by atoms with Gasteiger partial charge >= 0.3 is 0 Å². The summed E-state index contributed by atoms with van der Waals surface area (Å²) in [5, 5.41) is 10.3. The molecular formula is C20H26FNO2. The maximum Gasteiger partial charge on any atom is 0.123 e. The molecule has 0 fully saturated rings. The van der Waals surface area contributed by atoms with Gasteiger partial charge in [0.2, 0.25) is 0 Å². The van der Waals surface area contributed by atoms with Crippen molar-refractivity contribution in [3.05, 3.63) is 65.5 Å². The summed E-state index contributed by atoms with van der Waals surface area (Å²) in [6.07, 6.45) is 0.420. The van der Waals surface area contributed by atoms with Crippen molar-refractivity contribution in [1.29, 1.82) is 0 Å². The summed E-state index contributed by atoms with van der Waals surface area (Å²) >= 11 is 0. The molecular weight excluding hydrogens is 305 g/mol. The molecule has 0 unspecified atom stereocenters. The Bertz CT molecular complexity index is 615. The summed E-state index contributed by atoms with van der Waals surface area (Å²) in [5.41, 5.74) is 2.10. The van der Waals surface area contributed by atoms with Crippen LogP contribution in [-0.4, -0.2) is 35.8 Å². The number of ether oxygens (including phenoxy) is 1. The van der Waals surface area contributed by atoms with E-state index in [0.29, 0.717) is 13.1 Å². The summed E-state index contributed by atoms with van der Waals surface area (Å²) in [6.45, 7) is 6.44. The number of hydrogen-bond donors (Lipinski definition) is 1. The third kappa shape index (κ3) is 5.95. The third-order valence-corrected chi connectivity index (χ3v) is 3.85. The SMILES string of the molecule is CCCN(Cc1ccc(F)cc1)C[C@H](O)COc1ccccc1C. The van der Waals surface area contributed by atoms with E-state index in [-0.39, 0.29) is 12.4 Å². The molecule has 0 aromatic heterocycles. The van der Waals surface area contributed by atoms with Gasteiger partial charge in [-0.3, -0.25) is 4.90 Å². The van der Waals surface area contributed by atoms with Gasteiger partial charge in [0.05, 0.1) is 0 Å². The number of aryl methyl sites for hydroxylation is 1. The maximum absolute atomic E-state index is 13.0. The largest absolute Gasteiger partial charge is 0.491 e. The smallest absolute Gasteiger partial charge is 0.123 e. The average molecular weight is 331 g/mol. The van der Waals surface area contributed by atoms with Crippen LogP contribution in [0.25, 0.3) is 0 Å². The molecule has 2 rings (SSSR count). The number of rotatable bonds is 9. The predicted molar refractivity (Wildman–Crippen MR) is 94.6 cm³/mol. The third-order valence-electron chi connectivity index (χ3n) is 3.85. The van der Waals surface area contributed by atoms with Crippen LogP contribution in [0.15, 0.2) is 48.5 Å². The molecule has 2 aromatic carbocycles. The lowest BCUT2D eigenvalue weighted by Gasteiger charge is -2.25. The standard InChI is InChI=1S/C20H26FNO2/c1-3-12-22(13-17-8-10-18(21)11-9-17)14-19(23)15-24-20-7-5-4-6-16(20)2/h4-11,19,23H,3,12-15H2,1-2H3/t19-/m0/s1. The number of aliphatic hydroxyl groups excluding tert-OH is 1. The molecule has 0 saturated heterocycles. The van der Waals surface area contributed by atoms with Gasteiger partial charge in [-0.15, -0.1) is 0 Å². The fourth-order valence-corrected chi connectivity index (χ4v) is 2.65. The second-order valence-electron chi connectivity index (χ2n) is 6.09. The van der Waals surface area contributed by atoms with Crippen molar-refractivity contribution >= 4 is 0 Å². The lowest BCUT2D eigenvalue weighted by molar-refractivity contribution is 0.0653. The first-order chi connectivity index (χ1) is 11.6. The Kier molecular flexibility index (Phi) is 7.22. The molecule has 3 nitrogen and oxygen atoms in total. The van der Waals surface area contributed by atoms with Crippen LogP contribution in [-0.2, 0) is 6.54 Å². The molecule has 24 heavy (non-hydrogen) atoms. The topological polar surface area (TPSA) is 32.7 Å². The van der Waals surface area contributed by atoms with Crippen molar-refractivity contribution in [3.8, 4) is 5.75 Å². The van der Waals surface area contributed by atoms with Gasteiger partial charge in [0, 0.05) is 13.1 Å². The second kappa shape index (κ2) is 9.40. The van der Waals surface area contributed by atoms with Gasteiger partial charge in [-0.05, 0) is 49.2 Å². The van der Waals surface area contributed by atoms with Crippen molar-refractivity contribution in [3.63, 3.8) is 0 Å². The highest BCUT2D eigenvalue weighted by Crippen LogP contribution is 2.16. The van der Waals surface area contributed by atoms with E-state index < -0.39 is 6.10 Å². The Morgan fingerprint density at radius 3 is 2.50 bits per heavy atom. The van der Waals surface area contributed by atoms with Crippen molar-refractivity contribution in [1.82, 2.24) is 4.90 Å². The zero-order valence-corrected chi connectivity index (χ0v) is 14.4. The highest BCUT2D eigenvalue weighted by Gasteiger charge is 2.13. The monoisotopic (exact) mass is 331 g/mol. The molecule has 0 aliphatic heterocycles. The van der Waals surface area contributed by atoms with Crippen LogP contribution in [0.4, 0.5) is 4.39 Å². The number of hydrogen-bond acceptors (Lipinski definition) is 3. The zero-order valence-electron chi connectivity index (χ0n) is 14.4. The molecule has 0 spiro atoms. The van der Waals surface area contributed by atoms with E-state index >= 15 is 0 Å². The molecule has 0 amide bonds. The fraction of sp³-hybridized carbons (Fsp3) is 0.400. The summed E-state index contributed by atoms with van der Waals surface area (Å²) in [6, 6.07) is 14.3. The quantitative estimate of drug-likeness (QED) is 0.759. The minimum absolute atomic E-state index is 0.229. The molecule has 0 aliphatic rings. The van der Waals surface area contributed by atoms with Crippen LogP contribution in [0.2, 0.25) is 0 Å². The van der Waals surface area contributed by atoms with Crippen LogP contribution >= 0.6 is 0 Å². The molecule has 1 atom stereocenters. The first-order valence-corrected chi connectivity index (χ1v) is 8.41. The highest BCUT2D eigenvalue weighted by atomic mass is 19.1. The van der Waals surface area contributed by atoms with E-state index in [1.54, 1.807) is 12.1 Å². The molecule has 1 N–H and O–H groups in total. The Balaban J connectivity index is 1.87. The minimum atomic E-state index is -0.573. The molecule has 0 aliphatic carbocycles. The first-order valence-electron chi connectivity index (χ1n) is 8.41. The molecule has 0 saturated carbocycles. The van der Waals surface area contributed by atoms with Gasteiger partial charge in [-0.2, -0.15) is 0 Å². The highest BCUT2D eigenvalue weighted by molar-refractivity contribution is 5.31. The van der Waals surface area contributed by atoms with Crippen LogP contribution in [0.5, 0.6) is 5.75 Å². The first kappa shape index (κ1) is 18.4. The van der Waals surface area contributed by atoms with Crippen LogP contribution in [0, 0.1) is 12.7 Å². The van der Waals surface area contributed by atoms with Crippen molar-refractivity contribution in [2.75, 3.05) is 19.7 Å². The van der Waals surface area contributed by atoms with Crippen molar-refractivity contribution in [2.24, 2.45) is 0 Å². The number of para-hydroxylation sites is 1. The Labute approximate surface area is 143 Å². The predicted octanol–water partition coefficient (Wildman–Crippen LogP) is 3.79. The molecule has 2 aromatic rings. The zero-order chi connectivity index (χ0) is 17.4. The van der Waals surface area contributed by atoms with Crippen molar-refractivity contribution < 1.29 is 14.2 Å². The van der Waals surface area contributed by atoms with E-state index in [1.807, 2.05) is 31.2 Å². The number of benzene rings is 2. The van der Waals surface area contributed by atoms with Gasteiger partial charge in [-0.1, -0.05) is 37.3 Å². The lowest BCUT2D eigenvalue weighted by Crippen LogP contribution is -2.35. The Morgan fingerprint density at radius 2 is 1.83 bits per heavy atom. The van der Waals surface area contributed by atoms with Gasteiger partial charge in [0.1, 0.15) is 24.3 Å². The maximum atomic E-state index is 13.0. The lowest BCUT2D eigenvalue weighted by atomic mass is 10.2. The summed E-state index contributed by atoms with van der Waals surface area (Å²) in [5.74, 6) is 0.574. The number of nitrogens with zero attached hydrogens (tertiary/aromatic N) is 1. The summed E-state index contributed by atoms with van der Waals surface area (Å²) < 4.78 is 18.7. The van der Waals surface area contributed by atoms with E-state index in [1.165, 1.54) is 12.1 Å². The minimum Gasteiger partial charge on any atom is -0.491 e. The van der Waals surface area contributed by atoms with Crippen LogP contribution < -0.4 is 4.74 Å². The molecule has 4 heteroatoms. The van der Waals surface area contributed by atoms with E-state index in [0.717, 1.165) is 29.8 Å². The summed E-state index contributed by atoms with van der Waals surface area (Å²) in [7, 11) is 0. The molecule has 130 valence electrons. The molecule has 0 bridgehead atoms. The Morgan fingerprint density at radius 1 is 1.12 bits per heavy atom. The fourth-order valence-electron chi connectivity index (χ4n) is 2.65. The van der Waals surface area contributed by atoms with E-state index in [4.69, 9.17) is 4.74 Å². The number of aliphatic hydroxyl groups is 1. The molecule has 0 heterocycles. The van der Waals surface area contributed by atoms with Crippen LogP contribution in [0.3, 0.4) is 0 Å². The van der Waals surface area contributed by atoms with Gasteiger partial charge < -0.3 is 9.84 Å². The van der Waals surface area contributed by atoms with Gasteiger partial charge in [0.25, 0.3) is 0 Å². The molecule has 0 radical (unpaired) electrons. The van der Waals surface area contributed by atoms with Gasteiger partial charge in [-0.25, -0.2) is 4.39 Å². The van der Waals surface area contributed by atoms with E-state index in [9.17, 15) is 9.50 Å². The Hall–Kier alpha value is -1.91. The van der Waals surface area contributed by atoms with Crippen LogP contribution in [0.1, 0.15) is 24.5 Å². The second-order valence-corrected chi connectivity index (χ2v) is 6.09. The van der Waals surface area contributed by atoms with E-state index in [2.05, 4.69) is 11.8 Å². The summed E-state index contributed by atoms with van der Waals surface area (Å²) in [4.78, 5) is 2.17. The van der Waals surface area contributed by atoms with Gasteiger partial charge in [0.15, 0.2) is 0 Å². The van der Waals surface area contributed by atoms with Crippen molar-refractivity contribution in [2.45, 2.75) is 32.9 Å². The normalized spacial score (nSPS) is 12.4.